The molecule has 0 amide bonds. The first kappa shape index (κ1) is 14.7. The van der Waals surface area contributed by atoms with Gasteiger partial charge in [0.2, 0.25) is 5.82 Å². The standard InChI is InChI=1S/C14H22N4O2/c1-3-18-8-5-11(6-9-18)10-16-12-4-7-15-13(17-12)14(19)20-2/h4,7,11H,3,5-6,8-10H2,1-2H3,(H,15,16,17). The molecule has 1 aromatic rings. The summed E-state index contributed by atoms with van der Waals surface area (Å²) < 4.78 is 4.61. The van der Waals surface area contributed by atoms with Crippen molar-refractivity contribution in [3.05, 3.63) is 18.1 Å². The van der Waals surface area contributed by atoms with Crippen LogP contribution in [0, 0.1) is 5.92 Å². The summed E-state index contributed by atoms with van der Waals surface area (Å²) in [6, 6.07) is 1.77. The van der Waals surface area contributed by atoms with E-state index in [1.54, 1.807) is 12.3 Å². The van der Waals surface area contributed by atoms with Crippen LogP contribution in [0.25, 0.3) is 0 Å². The number of anilines is 1. The van der Waals surface area contributed by atoms with Gasteiger partial charge in [-0.25, -0.2) is 14.8 Å². The van der Waals surface area contributed by atoms with Crippen LogP contribution in [0.3, 0.4) is 0 Å². The molecule has 0 bridgehead atoms. The number of esters is 1. The molecule has 0 aliphatic carbocycles. The number of carbonyl (C=O) groups excluding carboxylic acids is 1. The molecule has 2 rings (SSSR count). The van der Waals surface area contributed by atoms with Gasteiger partial charge in [0.15, 0.2) is 0 Å². The number of carbonyl (C=O) groups is 1. The van der Waals surface area contributed by atoms with Crippen LogP contribution >= 0.6 is 0 Å². The Morgan fingerprint density at radius 3 is 2.90 bits per heavy atom. The quantitative estimate of drug-likeness (QED) is 0.821. The average molecular weight is 278 g/mol. The maximum Gasteiger partial charge on any atom is 0.376 e. The maximum absolute atomic E-state index is 11.4. The van der Waals surface area contributed by atoms with Crippen molar-refractivity contribution in [1.29, 1.82) is 0 Å². The van der Waals surface area contributed by atoms with E-state index < -0.39 is 5.97 Å². The first-order valence-corrected chi connectivity index (χ1v) is 7.10. The number of hydrogen-bond acceptors (Lipinski definition) is 6. The van der Waals surface area contributed by atoms with E-state index in [1.165, 1.54) is 33.0 Å². The van der Waals surface area contributed by atoms with Gasteiger partial charge in [0.1, 0.15) is 5.82 Å². The van der Waals surface area contributed by atoms with Gasteiger partial charge in [-0.2, -0.15) is 0 Å². The van der Waals surface area contributed by atoms with Crippen molar-refractivity contribution in [2.24, 2.45) is 5.92 Å². The minimum atomic E-state index is -0.509. The third-order valence-electron chi connectivity index (χ3n) is 3.75. The van der Waals surface area contributed by atoms with Crippen LogP contribution in [-0.2, 0) is 4.74 Å². The van der Waals surface area contributed by atoms with Gasteiger partial charge in [0.05, 0.1) is 7.11 Å². The number of nitrogens with one attached hydrogen (secondary N) is 1. The summed E-state index contributed by atoms with van der Waals surface area (Å²) >= 11 is 0. The van der Waals surface area contributed by atoms with Gasteiger partial charge >= 0.3 is 5.97 Å². The predicted molar refractivity (Wildman–Crippen MR) is 76.7 cm³/mol. The van der Waals surface area contributed by atoms with E-state index in [1.807, 2.05) is 0 Å². The smallest absolute Gasteiger partial charge is 0.376 e. The number of hydrogen-bond donors (Lipinski definition) is 1. The van der Waals surface area contributed by atoms with Crippen LogP contribution in [0.2, 0.25) is 0 Å². The number of ether oxygens (including phenoxy) is 1. The molecule has 0 saturated carbocycles. The van der Waals surface area contributed by atoms with Crippen LogP contribution in [0.5, 0.6) is 0 Å². The Morgan fingerprint density at radius 2 is 2.25 bits per heavy atom. The molecular formula is C14H22N4O2. The van der Waals surface area contributed by atoms with Crippen LogP contribution in [0.15, 0.2) is 12.3 Å². The second-order valence-corrected chi connectivity index (χ2v) is 5.02. The molecule has 1 aliphatic heterocycles. The lowest BCUT2D eigenvalue weighted by molar-refractivity contribution is 0.0587. The highest BCUT2D eigenvalue weighted by atomic mass is 16.5. The maximum atomic E-state index is 11.4. The van der Waals surface area contributed by atoms with Crippen molar-refractivity contribution in [2.75, 3.05) is 38.6 Å². The molecule has 110 valence electrons. The van der Waals surface area contributed by atoms with Gasteiger partial charge in [-0.15, -0.1) is 0 Å². The second kappa shape index (κ2) is 7.19. The van der Waals surface area contributed by atoms with Crippen molar-refractivity contribution in [1.82, 2.24) is 14.9 Å². The minimum Gasteiger partial charge on any atom is -0.463 e. The largest absolute Gasteiger partial charge is 0.463 e. The van der Waals surface area contributed by atoms with Crippen LogP contribution in [0.1, 0.15) is 30.4 Å². The highest BCUT2D eigenvalue weighted by molar-refractivity contribution is 5.85. The van der Waals surface area contributed by atoms with E-state index >= 15 is 0 Å². The highest BCUT2D eigenvalue weighted by Gasteiger charge is 2.18. The lowest BCUT2D eigenvalue weighted by atomic mass is 9.97. The molecule has 0 atom stereocenters. The first-order valence-electron chi connectivity index (χ1n) is 7.10. The topological polar surface area (TPSA) is 67.4 Å². The molecular weight excluding hydrogens is 256 g/mol. The number of methoxy groups -OCH3 is 1. The van der Waals surface area contributed by atoms with Gasteiger partial charge in [0.25, 0.3) is 0 Å². The van der Waals surface area contributed by atoms with E-state index in [2.05, 4.69) is 31.8 Å². The Labute approximate surface area is 119 Å². The van der Waals surface area contributed by atoms with Crippen LogP contribution < -0.4 is 5.32 Å². The molecule has 1 fully saturated rings. The number of aromatic nitrogens is 2. The minimum absolute atomic E-state index is 0.0957. The molecule has 1 N–H and O–H groups in total. The molecule has 1 aromatic heterocycles. The van der Waals surface area contributed by atoms with E-state index in [9.17, 15) is 4.79 Å². The van der Waals surface area contributed by atoms with E-state index in [4.69, 9.17) is 0 Å². The monoisotopic (exact) mass is 278 g/mol. The Balaban J connectivity index is 1.84. The molecule has 1 aliphatic rings. The average Bonchev–Trinajstić information content (AvgIpc) is 2.53. The molecule has 2 heterocycles. The first-order chi connectivity index (χ1) is 9.72. The fourth-order valence-electron chi connectivity index (χ4n) is 2.40. The summed E-state index contributed by atoms with van der Waals surface area (Å²) in [6.45, 7) is 6.55. The van der Waals surface area contributed by atoms with Gasteiger partial charge in [0, 0.05) is 12.7 Å². The lowest BCUT2D eigenvalue weighted by Crippen LogP contribution is -2.35. The van der Waals surface area contributed by atoms with Gasteiger partial charge in [-0.1, -0.05) is 6.92 Å². The predicted octanol–water partition coefficient (Wildman–Crippen LogP) is 1.41. The Kier molecular flexibility index (Phi) is 5.29. The summed E-state index contributed by atoms with van der Waals surface area (Å²) in [4.78, 5) is 21.9. The zero-order chi connectivity index (χ0) is 14.4. The summed E-state index contributed by atoms with van der Waals surface area (Å²) in [5.74, 6) is 0.927. The van der Waals surface area contributed by atoms with E-state index in [0.717, 1.165) is 13.1 Å². The molecule has 0 unspecified atom stereocenters. The molecule has 6 nitrogen and oxygen atoms in total. The Hall–Kier alpha value is -1.69. The zero-order valence-electron chi connectivity index (χ0n) is 12.1. The van der Waals surface area contributed by atoms with Crippen LogP contribution in [-0.4, -0.2) is 54.1 Å². The lowest BCUT2D eigenvalue weighted by Gasteiger charge is -2.31. The summed E-state index contributed by atoms with van der Waals surface area (Å²) in [5, 5.41) is 3.29. The number of nitrogens with zero attached hydrogens (tertiary/aromatic N) is 3. The highest BCUT2D eigenvalue weighted by Crippen LogP contribution is 2.17. The van der Waals surface area contributed by atoms with Crippen molar-refractivity contribution in [2.45, 2.75) is 19.8 Å². The fraction of sp³-hybridized carbons (Fsp3) is 0.643. The van der Waals surface area contributed by atoms with Gasteiger partial charge in [-0.3, -0.25) is 0 Å². The van der Waals surface area contributed by atoms with Crippen molar-refractivity contribution < 1.29 is 9.53 Å². The third-order valence-corrected chi connectivity index (χ3v) is 3.75. The van der Waals surface area contributed by atoms with Crippen molar-refractivity contribution in [3.8, 4) is 0 Å². The fourth-order valence-corrected chi connectivity index (χ4v) is 2.40. The van der Waals surface area contributed by atoms with E-state index in [0.29, 0.717) is 11.7 Å². The summed E-state index contributed by atoms with van der Waals surface area (Å²) in [5.41, 5.74) is 0. The van der Waals surface area contributed by atoms with Crippen molar-refractivity contribution >= 4 is 11.8 Å². The number of likely N-dealkylation sites (tertiary alicyclic amines) is 1. The SMILES string of the molecule is CCN1CCC(CNc2ccnc(C(=O)OC)n2)CC1. The van der Waals surface area contributed by atoms with Gasteiger partial charge < -0.3 is 15.0 Å². The van der Waals surface area contributed by atoms with Gasteiger partial charge in [-0.05, 0) is 44.5 Å². The number of piperidine rings is 1. The molecule has 0 aromatic carbocycles. The number of rotatable bonds is 5. The molecule has 1 saturated heterocycles. The van der Waals surface area contributed by atoms with E-state index in [-0.39, 0.29) is 5.82 Å². The van der Waals surface area contributed by atoms with Crippen molar-refractivity contribution in [3.63, 3.8) is 0 Å². The van der Waals surface area contributed by atoms with Crippen LogP contribution in [0.4, 0.5) is 5.82 Å². The molecule has 6 heteroatoms. The molecule has 0 radical (unpaired) electrons. The molecule has 20 heavy (non-hydrogen) atoms. The third kappa shape index (κ3) is 3.90. The summed E-state index contributed by atoms with van der Waals surface area (Å²) in [7, 11) is 1.33. The Bertz CT molecular complexity index is 445. The second-order valence-electron chi connectivity index (χ2n) is 5.02. The molecule has 0 spiro atoms. The summed E-state index contributed by atoms with van der Waals surface area (Å²) in [6.07, 6.45) is 3.98. The zero-order valence-corrected chi connectivity index (χ0v) is 12.1. The normalized spacial score (nSPS) is 16.9. The Morgan fingerprint density at radius 1 is 1.50 bits per heavy atom.